The molecule has 2 rings (SSSR count). The number of likely N-dealkylation sites (tertiary alicyclic amines) is 1. The van der Waals surface area contributed by atoms with Crippen molar-refractivity contribution in [3.8, 4) is 0 Å². The molecule has 0 aromatic heterocycles. The van der Waals surface area contributed by atoms with Gasteiger partial charge in [-0.15, -0.1) is 0 Å². The molecule has 114 valence electrons. The van der Waals surface area contributed by atoms with Crippen molar-refractivity contribution in [2.75, 3.05) is 27.2 Å². The second kappa shape index (κ2) is 6.26. The van der Waals surface area contributed by atoms with Crippen LogP contribution in [-0.2, 0) is 11.3 Å². The molecule has 5 heteroatoms. The molecule has 21 heavy (non-hydrogen) atoms. The highest BCUT2D eigenvalue weighted by molar-refractivity contribution is 5.94. The maximum atomic E-state index is 12.4. The maximum Gasteiger partial charge on any atom is 0.308 e. The summed E-state index contributed by atoms with van der Waals surface area (Å²) < 4.78 is 0. The zero-order chi connectivity index (χ0) is 15.6. The van der Waals surface area contributed by atoms with E-state index in [-0.39, 0.29) is 11.8 Å². The smallest absolute Gasteiger partial charge is 0.308 e. The van der Waals surface area contributed by atoms with E-state index < -0.39 is 11.9 Å². The number of nitrogens with zero attached hydrogens (tertiary/aromatic N) is 2. The van der Waals surface area contributed by atoms with E-state index in [1.807, 2.05) is 45.3 Å². The zero-order valence-corrected chi connectivity index (χ0v) is 12.7. The topological polar surface area (TPSA) is 60.9 Å². The van der Waals surface area contributed by atoms with E-state index in [1.165, 1.54) is 0 Å². The molecule has 0 saturated carbocycles. The van der Waals surface area contributed by atoms with Gasteiger partial charge in [0.05, 0.1) is 5.92 Å². The minimum Gasteiger partial charge on any atom is -0.481 e. The Morgan fingerprint density at radius 1 is 1.24 bits per heavy atom. The van der Waals surface area contributed by atoms with Crippen molar-refractivity contribution in [3.05, 3.63) is 35.4 Å². The van der Waals surface area contributed by atoms with Gasteiger partial charge in [-0.2, -0.15) is 0 Å². The van der Waals surface area contributed by atoms with Crippen molar-refractivity contribution >= 4 is 11.9 Å². The van der Waals surface area contributed by atoms with Crippen molar-refractivity contribution in [3.63, 3.8) is 0 Å². The summed E-state index contributed by atoms with van der Waals surface area (Å²) in [6, 6.07) is 7.53. The molecule has 1 heterocycles. The van der Waals surface area contributed by atoms with Crippen LogP contribution in [0.2, 0.25) is 0 Å². The summed E-state index contributed by atoms with van der Waals surface area (Å²) in [5, 5.41) is 9.13. The lowest BCUT2D eigenvalue weighted by Gasteiger charge is -2.16. The summed E-state index contributed by atoms with van der Waals surface area (Å²) in [6.45, 7) is 3.52. The highest BCUT2D eigenvalue weighted by Gasteiger charge is 2.37. The molecular weight excluding hydrogens is 268 g/mol. The Morgan fingerprint density at radius 2 is 1.86 bits per heavy atom. The van der Waals surface area contributed by atoms with Gasteiger partial charge in [0.15, 0.2) is 0 Å². The van der Waals surface area contributed by atoms with E-state index in [9.17, 15) is 9.59 Å². The fourth-order valence-corrected chi connectivity index (χ4v) is 2.75. The number of amides is 1. The molecule has 1 amide bonds. The van der Waals surface area contributed by atoms with Crippen LogP contribution in [0.25, 0.3) is 0 Å². The molecular formula is C16H22N2O3. The lowest BCUT2D eigenvalue weighted by atomic mass is 9.99. The second-order valence-electron chi connectivity index (χ2n) is 6.07. The summed E-state index contributed by atoms with van der Waals surface area (Å²) in [5.74, 6) is -1.36. The van der Waals surface area contributed by atoms with Crippen molar-refractivity contribution in [2.24, 2.45) is 11.8 Å². The van der Waals surface area contributed by atoms with Crippen LogP contribution in [0.1, 0.15) is 22.8 Å². The average Bonchev–Trinajstić information content (AvgIpc) is 2.80. The average molecular weight is 290 g/mol. The van der Waals surface area contributed by atoms with E-state index in [2.05, 4.69) is 4.90 Å². The van der Waals surface area contributed by atoms with Crippen LogP contribution in [0.15, 0.2) is 24.3 Å². The molecule has 2 unspecified atom stereocenters. The number of benzene rings is 1. The van der Waals surface area contributed by atoms with Crippen LogP contribution in [0.5, 0.6) is 0 Å². The number of hydrogen-bond acceptors (Lipinski definition) is 3. The molecule has 0 bridgehead atoms. The molecule has 0 spiro atoms. The maximum absolute atomic E-state index is 12.4. The minimum atomic E-state index is -0.820. The normalized spacial score (nSPS) is 21.8. The van der Waals surface area contributed by atoms with E-state index in [0.717, 1.165) is 12.1 Å². The molecule has 0 radical (unpaired) electrons. The van der Waals surface area contributed by atoms with Crippen molar-refractivity contribution in [1.29, 1.82) is 0 Å². The molecule has 1 saturated heterocycles. The Labute approximate surface area is 125 Å². The molecule has 1 fully saturated rings. The Morgan fingerprint density at radius 3 is 2.33 bits per heavy atom. The van der Waals surface area contributed by atoms with Crippen molar-refractivity contribution in [1.82, 2.24) is 9.80 Å². The van der Waals surface area contributed by atoms with E-state index >= 15 is 0 Å². The minimum absolute atomic E-state index is 0.000496. The molecule has 5 nitrogen and oxygen atoms in total. The fraction of sp³-hybridized carbons (Fsp3) is 0.500. The molecule has 1 aromatic rings. The molecule has 1 aliphatic rings. The zero-order valence-electron chi connectivity index (χ0n) is 12.7. The van der Waals surface area contributed by atoms with Crippen molar-refractivity contribution in [2.45, 2.75) is 13.5 Å². The SMILES string of the molecule is CC1CN(C(=O)c2ccc(CN(C)C)cc2)CC1C(=O)O. The van der Waals surface area contributed by atoms with Gasteiger partial charge < -0.3 is 14.9 Å². The van der Waals surface area contributed by atoms with Gasteiger partial charge >= 0.3 is 5.97 Å². The van der Waals surface area contributed by atoms with Crippen LogP contribution in [0.3, 0.4) is 0 Å². The largest absolute Gasteiger partial charge is 0.481 e. The van der Waals surface area contributed by atoms with E-state index in [0.29, 0.717) is 18.7 Å². The number of carboxylic acid groups (broad SMARTS) is 1. The number of carbonyl (C=O) groups excluding carboxylic acids is 1. The third-order valence-corrected chi connectivity index (χ3v) is 3.92. The first kappa shape index (κ1) is 15.5. The summed E-state index contributed by atoms with van der Waals surface area (Å²) in [4.78, 5) is 27.2. The Bertz CT molecular complexity index is 525. The number of aliphatic carboxylic acids is 1. The molecule has 0 aliphatic carbocycles. The number of carboxylic acids is 1. The molecule has 2 atom stereocenters. The van der Waals surface area contributed by atoms with E-state index in [4.69, 9.17) is 5.11 Å². The van der Waals surface area contributed by atoms with Gasteiger partial charge in [-0.05, 0) is 37.7 Å². The van der Waals surface area contributed by atoms with Crippen LogP contribution in [-0.4, -0.2) is 54.0 Å². The first-order valence-electron chi connectivity index (χ1n) is 7.14. The van der Waals surface area contributed by atoms with Gasteiger partial charge in [0.1, 0.15) is 0 Å². The predicted octanol–water partition coefficient (Wildman–Crippen LogP) is 1.54. The number of rotatable bonds is 4. The quantitative estimate of drug-likeness (QED) is 0.914. The lowest BCUT2D eigenvalue weighted by molar-refractivity contribution is -0.142. The molecule has 1 aromatic carbocycles. The van der Waals surface area contributed by atoms with Crippen LogP contribution in [0, 0.1) is 11.8 Å². The summed E-state index contributed by atoms with van der Waals surface area (Å²) >= 11 is 0. The predicted molar refractivity (Wildman–Crippen MR) is 80.0 cm³/mol. The first-order chi connectivity index (χ1) is 9.88. The van der Waals surface area contributed by atoms with Crippen LogP contribution >= 0.6 is 0 Å². The third-order valence-electron chi connectivity index (χ3n) is 3.92. The van der Waals surface area contributed by atoms with Crippen LogP contribution in [0.4, 0.5) is 0 Å². The number of hydrogen-bond donors (Lipinski definition) is 1. The summed E-state index contributed by atoms with van der Waals surface area (Å²) in [6.07, 6.45) is 0. The first-order valence-corrected chi connectivity index (χ1v) is 7.14. The third kappa shape index (κ3) is 3.61. The van der Waals surface area contributed by atoms with Crippen molar-refractivity contribution < 1.29 is 14.7 Å². The van der Waals surface area contributed by atoms with Gasteiger partial charge in [0.2, 0.25) is 0 Å². The standard InChI is InChI=1S/C16H22N2O3/c1-11-8-18(10-14(11)16(20)21)15(19)13-6-4-12(5-7-13)9-17(2)3/h4-7,11,14H,8-10H2,1-3H3,(H,20,21). The summed E-state index contributed by atoms with van der Waals surface area (Å²) in [7, 11) is 3.99. The summed E-state index contributed by atoms with van der Waals surface area (Å²) in [5.41, 5.74) is 1.77. The monoisotopic (exact) mass is 290 g/mol. The Hall–Kier alpha value is -1.88. The highest BCUT2D eigenvalue weighted by atomic mass is 16.4. The Balaban J connectivity index is 2.05. The van der Waals surface area contributed by atoms with Crippen LogP contribution < -0.4 is 0 Å². The lowest BCUT2D eigenvalue weighted by Crippen LogP contribution is -2.29. The van der Waals surface area contributed by atoms with Gasteiger partial charge in [-0.3, -0.25) is 9.59 Å². The highest BCUT2D eigenvalue weighted by Crippen LogP contribution is 2.24. The Kier molecular flexibility index (Phi) is 4.63. The van der Waals surface area contributed by atoms with E-state index in [1.54, 1.807) is 4.90 Å². The van der Waals surface area contributed by atoms with Gasteiger partial charge in [0, 0.05) is 25.2 Å². The number of carbonyl (C=O) groups is 2. The molecule has 1 N–H and O–H groups in total. The fourth-order valence-electron chi connectivity index (χ4n) is 2.75. The van der Waals surface area contributed by atoms with Gasteiger partial charge in [0.25, 0.3) is 5.91 Å². The van der Waals surface area contributed by atoms with Gasteiger partial charge in [-0.1, -0.05) is 19.1 Å². The second-order valence-corrected chi connectivity index (χ2v) is 6.07. The molecule has 1 aliphatic heterocycles. The van der Waals surface area contributed by atoms with Gasteiger partial charge in [-0.25, -0.2) is 0 Å².